The smallest absolute Gasteiger partial charge is 0.267 e. The lowest BCUT2D eigenvalue weighted by atomic mass is 9.79. The summed E-state index contributed by atoms with van der Waals surface area (Å²) in [5, 5.41) is 5.09. The maximum Gasteiger partial charge on any atom is 0.267 e. The first kappa shape index (κ1) is 18.6. The zero-order valence-corrected chi connectivity index (χ0v) is 16.2. The predicted octanol–water partition coefficient (Wildman–Crippen LogP) is 1.35. The number of benzene rings is 1. The molecule has 150 valence electrons. The number of piperidine rings is 1. The van der Waals surface area contributed by atoms with Crippen molar-refractivity contribution in [1.82, 2.24) is 15.1 Å². The van der Waals surface area contributed by atoms with E-state index >= 15 is 0 Å². The van der Waals surface area contributed by atoms with Crippen molar-refractivity contribution in [2.45, 2.75) is 31.3 Å². The van der Waals surface area contributed by atoms with E-state index in [0.717, 1.165) is 17.7 Å². The SMILES string of the molecule is COc1cc2c(cc1OC)C1(CCN(C(=O)Cc3c[nH][nH]c3=O)CC1)OCC2. The van der Waals surface area contributed by atoms with Crippen LogP contribution in [-0.2, 0) is 28.0 Å². The van der Waals surface area contributed by atoms with Crippen LogP contribution in [0.25, 0.3) is 0 Å². The van der Waals surface area contributed by atoms with Crippen molar-refractivity contribution in [1.29, 1.82) is 0 Å². The highest BCUT2D eigenvalue weighted by Gasteiger charge is 2.42. The molecule has 8 nitrogen and oxygen atoms in total. The van der Waals surface area contributed by atoms with Crippen LogP contribution in [0.2, 0.25) is 0 Å². The Bertz CT molecular complexity index is 924. The van der Waals surface area contributed by atoms with Crippen LogP contribution in [0.15, 0.2) is 23.1 Å². The number of nitrogens with zero attached hydrogens (tertiary/aromatic N) is 1. The van der Waals surface area contributed by atoms with Gasteiger partial charge < -0.3 is 24.2 Å². The van der Waals surface area contributed by atoms with Crippen LogP contribution in [0.3, 0.4) is 0 Å². The summed E-state index contributed by atoms with van der Waals surface area (Å²) in [4.78, 5) is 26.0. The Labute approximate surface area is 162 Å². The number of nitrogens with one attached hydrogen (secondary N) is 2. The number of methoxy groups -OCH3 is 2. The zero-order valence-electron chi connectivity index (χ0n) is 16.2. The maximum atomic E-state index is 12.6. The average Bonchev–Trinajstić information content (AvgIpc) is 3.12. The van der Waals surface area contributed by atoms with Crippen LogP contribution in [-0.4, -0.2) is 54.9 Å². The molecule has 1 saturated heterocycles. The molecule has 2 N–H and O–H groups in total. The fourth-order valence-electron chi connectivity index (χ4n) is 4.26. The third-order valence-electron chi connectivity index (χ3n) is 5.84. The summed E-state index contributed by atoms with van der Waals surface area (Å²) in [6.07, 6.45) is 3.91. The van der Waals surface area contributed by atoms with Crippen molar-refractivity contribution in [3.8, 4) is 11.5 Å². The Morgan fingerprint density at radius 3 is 2.57 bits per heavy atom. The fraction of sp³-hybridized carbons (Fsp3) is 0.500. The monoisotopic (exact) mass is 387 g/mol. The van der Waals surface area contributed by atoms with Gasteiger partial charge >= 0.3 is 0 Å². The minimum Gasteiger partial charge on any atom is -0.493 e. The van der Waals surface area contributed by atoms with Gasteiger partial charge in [0.05, 0.1) is 32.8 Å². The summed E-state index contributed by atoms with van der Waals surface area (Å²) >= 11 is 0. The number of hydrogen-bond acceptors (Lipinski definition) is 5. The largest absolute Gasteiger partial charge is 0.493 e. The molecule has 2 aliphatic heterocycles. The highest BCUT2D eigenvalue weighted by atomic mass is 16.5. The van der Waals surface area contributed by atoms with Gasteiger partial charge in [0.1, 0.15) is 0 Å². The molecule has 1 aromatic heterocycles. The average molecular weight is 387 g/mol. The molecule has 1 fully saturated rings. The van der Waals surface area contributed by atoms with Crippen molar-refractivity contribution in [2.75, 3.05) is 33.9 Å². The molecule has 0 saturated carbocycles. The lowest BCUT2D eigenvalue weighted by Gasteiger charge is -2.45. The molecule has 0 atom stereocenters. The molecular weight excluding hydrogens is 362 g/mol. The van der Waals surface area contributed by atoms with E-state index in [1.165, 1.54) is 5.56 Å². The van der Waals surface area contributed by atoms with E-state index in [-0.39, 0.29) is 17.9 Å². The molecule has 1 amide bonds. The number of hydrogen-bond donors (Lipinski definition) is 2. The van der Waals surface area contributed by atoms with Gasteiger partial charge in [-0.25, -0.2) is 0 Å². The van der Waals surface area contributed by atoms with Crippen molar-refractivity contribution < 1.29 is 19.0 Å². The Balaban J connectivity index is 1.52. The minimum absolute atomic E-state index is 0.0386. The highest BCUT2D eigenvalue weighted by Crippen LogP contribution is 2.45. The van der Waals surface area contributed by atoms with E-state index < -0.39 is 5.60 Å². The van der Waals surface area contributed by atoms with Crippen LogP contribution in [0.4, 0.5) is 0 Å². The summed E-state index contributed by atoms with van der Waals surface area (Å²) in [6.45, 7) is 1.83. The summed E-state index contributed by atoms with van der Waals surface area (Å²) in [7, 11) is 3.27. The van der Waals surface area contributed by atoms with Gasteiger partial charge in [0.15, 0.2) is 11.5 Å². The number of carbonyl (C=O) groups is 1. The molecule has 0 aliphatic carbocycles. The number of ether oxygens (including phenoxy) is 3. The van der Waals surface area contributed by atoms with E-state index in [0.29, 0.717) is 43.9 Å². The Morgan fingerprint density at radius 2 is 1.93 bits per heavy atom. The van der Waals surface area contributed by atoms with Crippen molar-refractivity contribution in [2.24, 2.45) is 0 Å². The van der Waals surface area contributed by atoms with Crippen molar-refractivity contribution >= 4 is 5.91 Å². The number of amides is 1. The summed E-state index contributed by atoms with van der Waals surface area (Å²) in [5.41, 5.74) is 2.15. The molecule has 0 unspecified atom stereocenters. The third kappa shape index (κ3) is 3.17. The van der Waals surface area contributed by atoms with Gasteiger partial charge in [-0.15, -0.1) is 0 Å². The Kier molecular flexibility index (Phi) is 4.89. The standard InChI is InChI=1S/C20H25N3O5/c1-26-16-9-13-3-8-28-20(15(13)11-17(16)27-2)4-6-23(7-5-20)18(24)10-14-12-21-22-19(14)25/h9,11-12H,3-8,10H2,1-2H3,(H2,21,22,25). The van der Waals surface area contributed by atoms with E-state index in [1.54, 1.807) is 20.4 Å². The first-order valence-electron chi connectivity index (χ1n) is 9.48. The number of aromatic amines is 2. The normalized spacial score (nSPS) is 18.0. The number of likely N-dealkylation sites (tertiary alicyclic amines) is 1. The van der Waals surface area contributed by atoms with E-state index in [1.807, 2.05) is 17.0 Å². The molecule has 0 bridgehead atoms. The topological polar surface area (TPSA) is 96.6 Å². The Hall–Kier alpha value is -2.74. The summed E-state index contributed by atoms with van der Waals surface area (Å²) < 4.78 is 17.2. The number of H-pyrrole nitrogens is 2. The van der Waals surface area contributed by atoms with Crippen molar-refractivity contribution in [3.63, 3.8) is 0 Å². The number of rotatable bonds is 4. The molecule has 2 aromatic rings. The zero-order chi connectivity index (χ0) is 19.7. The number of aromatic nitrogens is 2. The molecule has 1 aromatic carbocycles. The van der Waals surface area contributed by atoms with Gasteiger partial charge in [-0.2, -0.15) is 0 Å². The summed E-state index contributed by atoms with van der Waals surface area (Å²) in [5.74, 6) is 1.38. The first-order chi connectivity index (χ1) is 13.6. The van der Waals surface area contributed by atoms with Crippen LogP contribution >= 0.6 is 0 Å². The van der Waals surface area contributed by atoms with Crippen LogP contribution in [0.1, 0.15) is 29.5 Å². The number of fused-ring (bicyclic) bond motifs is 2. The van der Waals surface area contributed by atoms with Gasteiger partial charge in [0.25, 0.3) is 5.56 Å². The minimum atomic E-state index is -0.407. The van der Waals surface area contributed by atoms with E-state index in [2.05, 4.69) is 10.2 Å². The van der Waals surface area contributed by atoms with Gasteiger partial charge in [-0.05, 0) is 42.5 Å². The second kappa shape index (κ2) is 7.35. The predicted molar refractivity (Wildman–Crippen MR) is 102 cm³/mol. The Morgan fingerprint density at radius 1 is 1.21 bits per heavy atom. The van der Waals surface area contributed by atoms with Gasteiger partial charge in [-0.1, -0.05) is 0 Å². The molecule has 4 rings (SSSR count). The van der Waals surface area contributed by atoms with E-state index in [4.69, 9.17) is 14.2 Å². The summed E-state index contributed by atoms with van der Waals surface area (Å²) in [6, 6.07) is 4.05. The lowest BCUT2D eigenvalue weighted by molar-refractivity contribution is -0.140. The third-order valence-corrected chi connectivity index (χ3v) is 5.84. The second-order valence-corrected chi connectivity index (χ2v) is 7.28. The molecule has 0 radical (unpaired) electrons. The van der Waals surface area contributed by atoms with E-state index in [9.17, 15) is 9.59 Å². The van der Waals surface area contributed by atoms with Crippen LogP contribution < -0.4 is 15.0 Å². The van der Waals surface area contributed by atoms with Gasteiger partial charge in [-0.3, -0.25) is 14.7 Å². The lowest BCUT2D eigenvalue weighted by Crippen LogP contribution is -2.48. The van der Waals surface area contributed by atoms with Crippen LogP contribution in [0.5, 0.6) is 11.5 Å². The molecule has 1 spiro atoms. The quantitative estimate of drug-likeness (QED) is 0.826. The first-order valence-corrected chi connectivity index (χ1v) is 9.48. The number of carbonyl (C=O) groups excluding carboxylic acids is 1. The van der Waals surface area contributed by atoms with Crippen LogP contribution in [0, 0.1) is 0 Å². The highest BCUT2D eigenvalue weighted by molar-refractivity contribution is 5.78. The molecular formula is C20H25N3O5. The maximum absolute atomic E-state index is 12.6. The fourth-order valence-corrected chi connectivity index (χ4v) is 4.26. The van der Waals surface area contributed by atoms with Gasteiger partial charge in [0.2, 0.25) is 5.91 Å². The molecule has 2 aliphatic rings. The van der Waals surface area contributed by atoms with Crippen molar-refractivity contribution in [3.05, 3.63) is 45.4 Å². The molecule has 8 heteroatoms. The van der Waals surface area contributed by atoms with Gasteiger partial charge in [0, 0.05) is 24.8 Å². The molecule has 3 heterocycles. The molecule has 28 heavy (non-hydrogen) atoms. The second-order valence-electron chi connectivity index (χ2n) is 7.28.